The summed E-state index contributed by atoms with van der Waals surface area (Å²) in [5.74, 6) is 0.433. The molecule has 0 amide bonds. The molecule has 5 heteroatoms. The van der Waals surface area contributed by atoms with Crippen LogP contribution in [-0.4, -0.2) is 28.2 Å². The lowest BCUT2D eigenvalue weighted by Crippen LogP contribution is -2.03. The molecule has 0 fully saturated rings. The molecule has 0 saturated heterocycles. The van der Waals surface area contributed by atoms with Crippen molar-refractivity contribution < 1.29 is 14.6 Å². The van der Waals surface area contributed by atoms with Crippen LogP contribution in [0.15, 0.2) is 18.2 Å². The predicted molar refractivity (Wildman–Crippen MR) is 66.8 cm³/mol. The van der Waals surface area contributed by atoms with Gasteiger partial charge in [0.05, 0.1) is 19.0 Å². The summed E-state index contributed by atoms with van der Waals surface area (Å²) in [4.78, 5) is 19.2. The van der Waals surface area contributed by atoms with E-state index in [0.717, 1.165) is 22.3 Å². The van der Waals surface area contributed by atoms with Gasteiger partial charge in [-0.05, 0) is 19.1 Å². The minimum atomic E-state index is -0.845. The van der Waals surface area contributed by atoms with Crippen molar-refractivity contribution in [3.63, 3.8) is 0 Å². The van der Waals surface area contributed by atoms with E-state index in [4.69, 9.17) is 9.84 Å². The van der Waals surface area contributed by atoms with Gasteiger partial charge in [-0.1, -0.05) is 0 Å². The Balaban J connectivity index is 2.42. The maximum atomic E-state index is 10.5. The fourth-order valence-corrected chi connectivity index (χ4v) is 1.79. The summed E-state index contributed by atoms with van der Waals surface area (Å²) < 4.78 is 5.15. The molecule has 2 rings (SSSR count). The van der Waals surface area contributed by atoms with Crippen LogP contribution in [0.2, 0.25) is 0 Å². The quantitative estimate of drug-likeness (QED) is 0.892. The zero-order valence-corrected chi connectivity index (χ0v) is 10.3. The molecule has 0 aliphatic carbocycles. The zero-order chi connectivity index (χ0) is 13.1. The van der Waals surface area contributed by atoms with Gasteiger partial charge in [0.1, 0.15) is 11.6 Å². The van der Waals surface area contributed by atoms with Crippen molar-refractivity contribution in [3.05, 3.63) is 29.7 Å². The van der Waals surface area contributed by atoms with Crippen LogP contribution in [-0.2, 0) is 11.2 Å². The van der Waals surface area contributed by atoms with Crippen molar-refractivity contribution >= 4 is 16.9 Å². The van der Waals surface area contributed by atoms with Gasteiger partial charge >= 0.3 is 5.97 Å². The van der Waals surface area contributed by atoms with Crippen molar-refractivity contribution in [1.82, 2.24) is 9.97 Å². The van der Waals surface area contributed by atoms with Gasteiger partial charge in [0.2, 0.25) is 0 Å². The number of carbonyl (C=O) groups is 1. The second-order valence-corrected chi connectivity index (χ2v) is 4.00. The third kappa shape index (κ3) is 2.56. The molecule has 94 valence electrons. The highest BCUT2D eigenvalue weighted by Crippen LogP contribution is 2.21. The first-order valence-corrected chi connectivity index (χ1v) is 5.63. The summed E-state index contributed by atoms with van der Waals surface area (Å²) in [6.45, 7) is 1.89. The lowest BCUT2D eigenvalue weighted by atomic mass is 10.1. The summed E-state index contributed by atoms with van der Waals surface area (Å²) >= 11 is 0. The Labute approximate surface area is 104 Å². The molecule has 0 bridgehead atoms. The van der Waals surface area contributed by atoms with E-state index in [1.807, 2.05) is 25.1 Å². The molecule has 5 nitrogen and oxygen atoms in total. The van der Waals surface area contributed by atoms with Crippen molar-refractivity contribution in [2.45, 2.75) is 19.8 Å². The summed E-state index contributed by atoms with van der Waals surface area (Å²) in [6, 6.07) is 5.59. The molecule has 0 radical (unpaired) electrons. The molecule has 0 aliphatic rings. The molecular weight excluding hydrogens is 232 g/mol. The van der Waals surface area contributed by atoms with Crippen LogP contribution < -0.4 is 4.74 Å². The second kappa shape index (κ2) is 5.00. The van der Waals surface area contributed by atoms with Crippen LogP contribution in [0.5, 0.6) is 5.75 Å². The Kier molecular flexibility index (Phi) is 3.41. The zero-order valence-electron chi connectivity index (χ0n) is 10.3. The maximum absolute atomic E-state index is 10.5. The summed E-state index contributed by atoms with van der Waals surface area (Å²) in [5, 5.41) is 9.62. The van der Waals surface area contributed by atoms with Gasteiger partial charge in [0, 0.05) is 23.6 Å². The van der Waals surface area contributed by atoms with E-state index in [0.29, 0.717) is 12.2 Å². The number of methoxy groups -OCH3 is 1. The van der Waals surface area contributed by atoms with Crippen molar-refractivity contribution in [1.29, 1.82) is 0 Å². The summed E-state index contributed by atoms with van der Waals surface area (Å²) in [7, 11) is 1.60. The number of hydrogen-bond donors (Lipinski definition) is 1. The van der Waals surface area contributed by atoms with Gasteiger partial charge in [-0.15, -0.1) is 0 Å². The molecule has 0 saturated carbocycles. The molecule has 1 aromatic heterocycles. The lowest BCUT2D eigenvalue weighted by Gasteiger charge is -2.06. The Morgan fingerprint density at radius 3 is 2.83 bits per heavy atom. The van der Waals surface area contributed by atoms with Gasteiger partial charge in [-0.3, -0.25) is 4.79 Å². The average Bonchev–Trinajstić information content (AvgIpc) is 2.35. The van der Waals surface area contributed by atoms with E-state index in [-0.39, 0.29) is 6.42 Å². The minimum absolute atomic E-state index is 0.0366. The van der Waals surface area contributed by atoms with E-state index >= 15 is 0 Å². The molecule has 2 aromatic rings. The Bertz CT molecular complexity index is 596. The number of aromatic nitrogens is 2. The Morgan fingerprint density at radius 1 is 1.39 bits per heavy atom. The molecule has 0 atom stereocenters. The Hall–Kier alpha value is -2.17. The van der Waals surface area contributed by atoms with Crippen LogP contribution in [0.25, 0.3) is 10.9 Å². The number of hydrogen-bond acceptors (Lipinski definition) is 4. The average molecular weight is 246 g/mol. The van der Waals surface area contributed by atoms with Crippen LogP contribution >= 0.6 is 0 Å². The maximum Gasteiger partial charge on any atom is 0.303 e. The van der Waals surface area contributed by atoms with Crippen molar-refractivity contribution in [3.8, 4) is 5.75 Å². The van der Waals surface area contributed by atoms with Crippen molar-refractivity contribution in [2.75, 3.05) is 7.11 Å². The van der Waals surface area contributed by atoms with E-state index < -0.39 is 5.97 Å². The number of rotatable bonds is 4. The standard InChI is InChI=1S/C13H14N2O3/c1-8-10-4-3-9(18-2)7-11(10)15-12(14-8)5-6-13(16)17/h3-4,7H,5-6H2,1-2H3,(H,16,17). The minimum Gasteiger partial charge on any atom is -0.497 e. The summed E-state index contributed by atoms with van der Waals surface area (Å²) in [6.07, 6.45) is 0.373. The van der Waals surface area contributed by atoms with Gasteiger partial charge < -0.3 is 9.84 Å². The molecule has 18 heavy (non-hydrogen) atoms. The van der Waals surface area contributed by atoms with Crippen LogP contribution in [0, 0.1) is 6.92 Å². The highest BCUT2D eigenvalue weighted by atomic mass is 16.5. The molecule has 1 heterocycles. The van der Waals surface area contributed by atoms with Gasteiger partial charge in [0.15, 0.2) is 0 Å². The Morgan fingerprint density at radius 2 is 2.17 bits per heavy atom. The van der Waals surface area contributed by atoms with Gasteiger partial charge in [-0.2, -0.15) is 0 Å². The second-order valence-electron chi connectivity index (χ2n) is 4.00. The third-order valence-electron chi connectivity index (χ3n) is 2.70. The molecular formula is C13H14N2O3. The van der Waals surface area contributed by atoms with Gasteiger partial charge in [0.25, 0.3) is 0 Å². The number of fused-ring (bicyclic) bond motifs is 1. The van der Waals surface area contributed by atoms with Crippen LogP contribution in [0.1, 0.15) is 17.9 Å². The molecule has 1 aromatic carbocycles. The van der Waals surface area contributed by atoms with Crippen LogP contribution in [0.3, 0.4) is 0 Å². The molecule has 0 unspecified atom stereocenters. The number of ether oxygens (including phenoxy) is 1. The number of carboxylic acids is 1. The third-order valence-corrected chi connectivity index (χ3v) is 2.70. The number of aliphatic carboxylic acids is 1. The van der Waals surface area contributed by atoms with Gasteiger partial charge in [-0.25, -0.2) is 9.97 Å². The number of carboxylic acid groups (broad SMARTS) is 1. The smallest absolute Gasteiger partial charge is 0.303 e. The molecule has 0 spiro atoms. The number of nitrogens with zero attached hydrogens (tertiary/aromatic N) is 2. The normalized spacial score (nSPS) is 10.6. The number of benzene rings is 1. The highest BCUT2D eigenvalue weighted by molar-refractivity contribution is 5.82. The lowest BCUT2D eigenvalue weighted by molar-refractivity contribution is -0.137. The van der Waals surface area contributed by atoms with E-state index in [2.05, 4.69) is 9.97 Å². The highest BCUT2D eigenvalue weighted by Gasteiger charge is 2.07. The largest absolute Gasteiger partial charge is 0.497 e. The SMILES string of the molecule is COc1ccc2c(C)nc(CCC(=O)O)nc2c1. The number of aryl methyl sites for hydroxylation is 2. The van der Waals surface area contributed by atoms with Crippen LogP contribution in [0.4, 0.5) is 0 Å². The fourth-order valence-electron chi connectivity index (χ4n) is 1.79. The van der Waals surface area contributed by atoms with E-state index in [1.54, 1.807) is 7.11 Å². The first kappa shape index (κ1) is 12.3. The van der Waals surface area contributed by atoms with Crippen molar-refractivity contribution in [2.24, 2.45) is 0 Å². The summed E-state index contributed by atoms with van der Waals surface area (Å²) in [5.41, 5.74) is 1.63. The fraction of sp³-hybridized carbons (Fsp3) is 0.308. The monoisotopic (exact) mass is 246 g/mol. The topological polar surface area (TPSA) is 72.3 Å². The first-order valence-electron chi connectivity index (χ1n) is 5.63. The van der Waals surface area contributed by atoms with E-state index in [9.17, 15) is 4.79 Å². The molecule has 0 aliphatic heterocycles. The first-order chi connectivity index (χ1) is 8.60. The molecule has 1 N–H and O–H groups in total. The van der Waals surface area contributed by atoms with E-state index in [1.165, 1.54) is 0 Å². The predicted octanol–water partition coefficient (Wildman–Crippen LogP) is 1.96.